The van der Waals surface area contributed by atoms with E-state index in [2.05, 4.69) is 20.9 Å². The number of hydrogen-bond acceptors (Lipinski definition) is 3. The number of benzene rings is 1. The van der Waals surface area contributed by atoms with Crippen LogP contribution in [0.4, 0.5) is 0 Å². The number of nitrogens with two attached hydrogens (primary N) is 1. The van der Waals surface area contributed by atoms with Gasteiger partial charge in [-0.05, 0) is 23.3 Å². The normalized spacial score (nSPS) is 10.6. The largest absolute Gasteiger partial charge is 0.370 e. The van der Waals surface area contributed by atoms with Crippen LogP contribution in [0.2, 0.25) is 0 Å². The Hall–Kier alpha value is -1.23. The van der Waals surface area contributed by atoms with Crippen LogP contribution in [-0.2, 0) is 24.5 Å². The molecule has 4 heteroatoms. The van der Waals surface area contributed by atoms with E-state index in [1.807, 2.05) is 36.4 Å². The molecule has 1 heterocycles. The molecule has 0 aliphatic rings. The third-order valence-corrected chi connectivity index (χ3v) is 3.43. The minimum absolute atomic E-state index is 0.481. The van der Waals surface area contributed by atoms with Crippen molar-refractivity contribution in [3.8, 4) is 0 Å². The summed E-state index contributed by atoms with van der Waals surface area (Å²) in [6, 6.07) is 11.9. The highest BCUT2D eigenvalue weighted by molar-refractivity contribution is 9.10. The van der Waals surface area contributed by atoms with Crippen LogP contribution in [0.3, 0.4) is 0 Å². The van der Waals surface area contributed by atoms with E-state index in [1.165, 1.54) is 0 Å². The molecule has 0 spiro atoms. The van der Waals surface area contributed by atoms with Crippen LogP contribution in [0.5, 0.6) is 0 Å². The van der Waals surface area contributed by atoms with E-state index in [9.17, 15) is 0 Å². The molecule has 1 aromatic heterocycles. The summed E-state index contributed by atoms with van der Waals surface area (Å²) in [7, 11) is 0. The van der Waals surface area contributed by atoms with Gasteiger partial charge in [-0.2, -0.15) is 0 Å². The van der Waals surface area contributed by atoms with Crippen molar-refractivity contribution in [2.45, 2.75) is 19.8 Å². The molecule has 0 saturated carbocycles. The van der Waals surface area contributed by atoms with Gasteiger partial charge in [0.25, 0.3) is 0 Å². The fourth-order valence-electron chi connectivity index (χ4n) is 1.66. The number of hydrogen-bond donors (Lipinski definition) is 1. The maximum atomic E-state index is 5.68. The topological polar surface area (TPSA) is 48.1 Å². The molecule has 0 radical (unpaired) electrons. The number of aromatic nitrogens is 1. The lowest BCUT2D eigenvalue weighted by atomic mass is 10.2. The second-order valence-electron chi connectivity index (χ2n) is 3.90. The number of ether oxygens (including phenoxy) is 1. The Labute approximate surface area is 115 Å². The van der Waals surface area contributed by atoms with Gasteiger partial charge in [0.05, 0.1) is 18.9 Å². The zero-order chi connectivity index (χ0) is 12.8. The average Bonchev–Trinajstić information content (AvgIpc) is 2.41. The number of halogens is 1. The van der Waals surface area contributed by atoms with Crippen molar-refractivity contribution < 1.29 is 4.74 Å². The first-order valence-corrected chi connectivity index (χ1v) is 6.54. The highest BCUT2D eigenvalue weighted by Gasteiger charge is 2.03. The molecular weight excluding hydrogens is 292 g/mol. The van der Waals surface area contributed by atoms with Crippen LogP contribution < -0.4 is 5.73 Å². The molecule has 0 bridgehead atoms. The summed E-state index contributed by atoms with van der Waals surface area (Å²) in [5.41, 5.74) is 8.72. The van der Waals surface area contributed by atoms with E-state index in [0.29, 0.717) is 19.8 Å². The van der Waals surface area contributed by atoms with Crippen LogP contribution in [0.1, 0.15) is 16.8 Å². The maximum absolute atomic E-state index is 5.68. The third kappa shape index (κ3) is 3.38. The zero-order valence-electron chi connectivity index (χ0n) is 9.97. The van der Waals surface area contributed by atoms with Gasteiger partial charge in [0.15, 0.2) is 0 Å². The van der Waals surface area contributed by atoms with E-state index in [-0.39, 0.29) is 0 Å². The van der Waals surface area contributed by atoms with Crippen molar-refractivity contribution in [1.82, 2.24) is 4.98 Å². The Kier molecular flexibility index (Phi) is 4.87. The van der Waals surface area contributed by atoms with E-state index < -0.39 is 0 Å². The molecular formula is C14H15BrN2O. The van der Waals surface area contributed by atoms with Crippen LogP contribution in [0, 0.1) is 0 Å². The monoisotopic (exact) mass is 306 g/mol. The molecule has 2 aromatic rings. The second kappa shape index (κ2) is 6.64. The fourth-order valence-corrected chi connectivity index (χ4v) is 2.06. The van der Waals surface area contributed by atoms with Gasteiger partial charge in [-0.25, -0.2) is 0 Å². The van der Waals surface area contributed by atoms with Gasteiger partial charge in [-0.1, -0.05) is 40.2 Å². The van der Waals surface area contributed by atoms with Crippen molar-refractivity contribution in [2.75, 3.05) is 0 Å². The molecule has 0 aliphatic carbocycles. The minimum Gasteiger partial charge on any atom is -0.370 e. The lowest BCUT2D eigenvalue weighted by Crippen LogP contribution is -2.05. The first-order chi connectivity index (χ1) is 8.81. The highest BCUT2D eigenvalue weighted by Crippen LogP contribution is 2.17. The van der Waals surface area contributed by atoms with Crippen molar-refractivity contribution in [3.05, 3.63) is 63.9 Å². The van der Waals surface area contributed by atoms with Crippen molar-refractivity contribution in [2.24, 2.45) is 5.73 Å². The first-order valence-electron chi connectivity index (χ1n) is 5.75. The fraction of sp³-hybridized carbons (Fsp3) is 0.214. The van der Waals surface area contributed by atoms with Crippen LogP contribution in [-0.4, -0.2) is 4.98 Å². The van der Waals surface area contributed by atoms with E-state index in [4.69, 9.17) is 10.5 Å². The molecule has 2 N–H and O–H groups in total. The molecule has 18 heavy (non-hydrogen) atoms. The Balaban J connectivity index is 1.95. The zero-order valence-corrected chi connectivity index (χ0v) is 11.6. The summed E-state index contributed by atoms with van der Waals surface area (Å²) < 4.78 is 6.74. The van der Waals surface area contributed by atoms with Gasteiger partial charge >= 0.3 is 0 Å². The van der Waals surface area contributed by atoms with E-state index in [1.54, 1.807) is 6.20 Å². The van der Waals surface area contributed by atoms with Crippen LogP contribution >= 0.6 is 15.9 Å². The van der Waals surface area contributed by atoms with E-state index in [0.717, 1.165) is 21.3 Å². The van der Waals surface area contributed by atoms with Crippen molar-refractivity contribution >= 4 is 15.9 Å². The standard InChI is InChI=1S/C14H15BrN2O/c15-13-6-2-1-4-12(13)9-18-10-14-11(8-16)5-3-7-17-14/h1-7H,8-10,16H2. The van der Waals surface area contributed by atoms with Gasteiger partial charge in [-0.3, -0.25) is 4.98 Å². The van der Waals surface area contributed by atoms with Gasteiger partial charge in [-0.15, -0.1) is 0 Å². The second-order valence-corrected chi connectivity index (χ2v) is 4.75. The summed E-state index contributed by atoms with van der Waals surface area (Å²) in [5, 5.41) is 0. The number of pyridine rings is 1. The number of nitrogens with zero attached hydrogens (tertiary/aromatic N) is 1. The Morgan fingerprint density at radius 1 is 1.06 bits per heavy atom. The Bertz CT molecular complexity index is 517. The molecule has 0 unspecified atom stereocenters. The lowest BCUT2D eigenvalue weighted by molar-refractivity contribution is 0.103. The van der Waals surface area contributed by atoms with Crippen LogP contribution in [0.25, 0.3) is 0 Å². The van der Waals surface area contributed by atoms with Crippen LogP contribution in [0.15, 0.2) is 47.1 Å². The first kappa shape index (κ1) is 13.2. The maximum Gasteiger partial charge on any atom is 0.0895 e. The molecule has 0 amide bonds. The number of rotatable bonds is 5. The average molecular weight is 307 g/mol. The predicted octanol–water partition coefficient (Wildman–Crippen LogP) is 3.02. The Morgan fingerprint density at radius 3 is 2.61 bits per heavy atom. The third-order valence-electron chi connectivity index (χ3n) is 2.66. The quantitative estimate of drug-likeness (QED) is 0.923. The van der Waals surface area contributed by atoms with Gasteiger partial charge in [0, 0.05) is 17.2 Å². The summed E-state index contributed by atoms with van der Waals surface area (Å²) in [6.07, 6.45) is 1.76. The molecule has 0 aliphatic heterocycles. The smallest absolute Gasteiger partial charge is 0.0895 e. The van der Waals surface area contributed by atoms with Crippen molar-refractivity contribution in [1.29, 1.82) is 0 Å². The molecule has 0 fully saturated rings. The van der Waals surface area contributed by atoms with Gasteiger partial charge < -0.3 is 10.5 Å². The molecule has 0 saturated heterocycles. The molecule has 94 valence electrons. The summed E-state index contributed by atoms with van der Waals surface area (Å²) in [5.74, 6) is 0. The SMILES string of the molecule is NCc1cccnc1COCc1ccccc1Br. The highest BCUT2D eigenvalue weighted by atomic mass is 79.9. The summed E-state index contributed by atoms with van der Waals surface area (Å²) >= 11 is 3.50. The molecule has 1 aromatic carbocycles. The van der Waals surface area contributed by atoms with Gasteiger partial charge in [0.2, 0.25) is 0 Å². The minimum atomic E-state index is 0.481. The lowest BCUT2D eigenvalue weighted by Gasteiger charge is -2.08. The van der Waals surface area contributed by atoms with E-state index >= 15 is 0 Å². The Morgan fingerprint density at radius 2 is 1.83 bits per heavy atom. The molecule has 0 atom stereocenters. The molecule has 3 nitrogen and oxygen atoms in total. The summed E-state index contributed by atoms with van der Waals surface area (Å²) in [4.78, 5) is 4.29. The molecule has 2 rings (SSSR count). The van der Waals surface area contributed by atoms with Crippen molar-refractivity contribution in [3.63, 3.8) is 0 Å². The predicted molar refractivity (Wildman–Crippen MR) is 74.8 cm³/mol. The van der Waals surface area contributed by atoms with Gasteiger partial charge in [0.1, 0.15) is 0 Å². The summed E-state index contributed by atoms with van der Waals surface area (Å²) in [6.45, 7) is 1.53.